The minimum Gasteiger partial charge on any atom is -0.311 e. The molecular weight excluding hydrogens is 226 g/mol. The van der Waals surface area contributed by atoms with E-state index in [1.807, 2.05) is 12.1 Å². The van der Waals surface area contributed by atoms with Gasteiger partial charge in [0.25, 0.3) is 0 Å². The highest BCUT2D eigenvalue weighted by atomic mass is 79.9. The van der Waals surface area contributed by atoms with Crippen molar-refractivity contribution in [2.75, 3.05) is 0 Å². The Morgan fingerprint density at radius 1 is 1.54 bits per heavy atom. The molecule has 0 bridgehead atoms. The molecular formula is C11H10BrN. The lowest BCUT2D eigenvalue weighted by atomic mass is 9.94. The van der Waals surface area contributed by atoms with Gasteiger partial charge in [0, 0.05) is 4.47 Å². The lowest BCUT2D eigenvalue weighted by Crippen LogP contribution is -2.31. The van der Waals surface area contributed by atoms with Crippen molar-refractivity contribution >= 4 is 15.9 Å². The number of aryl methyl sites for hydroxylation is 1. The zero-order valence-corrected chi connectivity index (χ0v) is 8.76. The molecule has 0 aliphatic heterocycles. The van der Waals surface area contributed by atoms with Crippen LogP contribution in [0.4, 0.5) is 0 Å². The molecule has 66 valence electrons. The normalized spacial score (nSPS) is 25.3. The SMILES string of the molecule is C#CC1(N)CCc2cc(Br)ccc21. The first-order chi connectivity index (χ1) is 6.15. The number of terminal acetylenes is 1. The Balaban J connectivity index is 2.57. The molecule has 2 rings (SSSR count). The largest absolute Gasteiger partial charge is 0.311 e. The summed E-state index contributed by atoms with van der Waals surface area (Å²) in [5, 5.41) is 0. The molecule has 1 nitrogen and oxygen atoms in total. The minimum absolute atomic E-state index is 0.532. The van der Waals surface area contributed by atoms with E-state index in [0.29, 0.717) is 0 Å². The van der Waals surface area contributed by atoms with Gasteiger partial charge in [0.2, 0.25) is 0 Å². The third kappa shape index (κ3) is 1.29. The Kier molecular flexibility index (Phi) is 1.94. The molecule has 0 saturated carbocycles. The zero-order valence-electron chi connectivity index (χ0n) is 7.18. The maximum atomic E-state index is 6.07. The smallest absolute Gasteiger partial charge is 0.103 e. The van der Waals surface area contributed by atoms with Crippen molar-refractivity contribution in [1.82, 2.24) is 0 Å². The van der Waals surface area contributed by atoms with Gasteiger partial charge in [0.1, 0.15) is 5.54 Å². The Hall–Kier alpha value is -0.780. The summed E-state index contributed by atoms with van der Waals surface area (Å²) >= 11 is 3.43. The molecule has 0 radical (unpaired) electrons. The van der Waals surface area contributed by atoms with E-state index in [-0.39, 0.29) is 0 Å². The van der Waals surface area contributed by atoms with E-state index >= 15 is 0 Å². The van der Waals surface area contributed by atoms with E-state index < -0.39 is 5.54 Å². The molecule has 0 heterocycles. The molecule has 1 aliphatic rings. The van der Waals surface area contributed by atoms with Gasteiger partial charge in [-0.2, -0.15) is 0 Å². The average Bonchev–Trinajstić information content (AvgIpc) is 2.45. The van der Waals surface area contributed by atoms with Gasteiger partial charge in [-0.15, -0.1) is 6.42 Å². The second-order valence-corrected chi connectivity index (χ2v) is 4.33. The van der Waals surface area contributed by atoms with E-state index in [0.717, 1.165) is 22.9 Å². The molecule has 1 unspecified atom stereocenters. The van der Waals surface area contributed by atoms with Crippen LogP contribution in [0.5, 0.6) is 0 Å². The third-order valence-corrected chi connectivity index (χ3v) is 3.09. The topological polar surface area (TPSA) is 26.0 Å². The van der Waals surface area contributed by atoms with Gasteiger partial charge in [0.15, 0.2) is 0 Å². The quantitative estimate of drug-likeness (QED) is 0.686. The molecule has 0 aromatic heterocycles. The maximum absolute atomic E-state index is 6.07. The minimum atomic E-state index is -0.532. The summed E-state index contributed by atoms with van der Waals surface area (Å²) in [7, 11) is 0. The summed E-state index contributed by atoms with van der Waals surface area (Å²) in [5.74, 6) is 2.68. The van der Waals surface area contributed by atoms with Gasteiger partial charge in [0.05, 0.1) is 0 Å². The molecule has 0 amide bonds. The summed E-state index contributed by atoms with van der Waals surface area (Å²) < 4.78 is 1.09. The first-order valence-corrected chi connectivity index (χ1v) is 5.00. The second-order valence-electron chi connectivity index (χ2n) is 3.42. The van der Waals surface area contributed by atoms with E-state index in [2.05, 4.69) is 27.9 Å². The molecule has 1 aromatic carbocycles. The van der Waals surface area contributed by atoms with Gasteiger partial charge < -0.3 is 5.73 Å². The van der Waals surface area contributed by atoms with Crippen LogP contribution in [-0.4, -0.2) is 0 Å². The average molecular weight is 236 g/mol. The van der Waals surface area contributed by atoms with Crippen molar-refractivity contribution in [1.29, 1.82) is 0 Å². The fraction of sp³-hybridized carbons (Fsp3) is 0.273. The van der Waals surface area contributed by atoms with E-state index in [9.17, 15) is 0 Å². The molecule has 1 atom stereocenters. The number of nitrogens with two attached hydrogens (primary N) is 1. The van der Waals surface area contributed by atoms with Crippen LogP contribution < -0.4 is 5.73 Å². The van der Waals surface area contributed by atoms with Crippen LogP contribution >= 0.6 is 15.9 Å². The van der Waals surface area contributed by atoms with Crippen molar-refractivity contribution < 1.29 is 0 Å². The molecule has 0 fully saturated rings. The molecule has 1 aliphatic carbocycles. The summed E-state index contributed by atoms with van der Waals surface area (Å²) in [4.78, 5) is 0. The molecule has 2 N–H and O–H groups in total. The van der Waals surface area contributed by atoms with Gasteiger partial charge in [-0.25, -0.2) is 0 Å². The highest BCUT2D eigenvalue weighted by molar-refractivity contribution is 9.10. The van der Waals surface area contributed by atoms with Crippen LogP contribution in [0.1, 0.15) is 17.5 Å². The van der Waals surface area contributed by atoms with Crippen LogP contribution in [-0.2, 0) is 12.0 Å². The Morgan fingerprint density at radius 2 is 2.31 bits per heavy atom. The van der Waals surface area contributed by atoms with Crippen molar-refractivity contribution in [2.45, 2.75) is 18.4 Å². The van der Waals surface area contributed by atoms with E-state index in [1.165, 1.54) is 5.56 Å². The fourth-order valence-electron chi connectivity index (χ4n) is 1.82. The Labute approximate surface area is 86.5 Å². The first kappa shape index (κ1) is 8.80. The summed E-state index contributed by atoms with van der Waals surface area (Å²) in [6.07, 6.45) is 7.27. The Bertz CT molecular complexity index is 392. The van der Waals surface area contributed by atoms with Crippen molar-refractivity contribution in [3.63, 3.8) is 0 Å². The van der Waals surface area contributed by atoms with Gasteiger partial charge >= 0.3 is 0 Å². The Morgan fingerprint density at radius 3 is 3.00 bits per heavy atom. The standard InChI is InChI=1S/C11H10BrN/c1-2-11(13)6-5-8-7-9(12)3-4-10(8)11/h1,3-4,7H,5-6,13H2. The highest BCUT2D eigenvalue weighted by Gasteiger charge is 2.32. The maximum Gasteiger partial charge on any atom is 0.103 e. The van der Waals surface area contributed by atoms with Gasteiger partial charge in [-0.1, -0.05) is 27.9 Å². The number of benzene rings is 1. The lowest BCUT2D eigenvalue weighted by molar-refractivity contribution is 0.580. The predicted molar refractivity (Wildman–Crippen MR) is 57.2 cm³/mol. The molecule has 1 aromatic rings. The van der Waals surface area contributed by atoms with Crippen LogP contribution in [0.2, 0.25) is 0 Å². The number of hydrogen-bond acceptors (Lipinski definition) is 1. The lowest BCUT2D eigenvalue weighted by Gasteiger charge is -2.17. The molecule has 0 spiro atoms. The van der Waals surface area contributed by atoms with Gasteiger partial charge in [-0.3, -0.25) is 0 Å². The van der Waals surface area contributed by atoms with Gasteiger partial charge in [-0.05, 0) is 36.1 Å². The summed E-state index contributed by atoms with van der Waals surface area (Å²) in [6, 6.07) is 6.11. The van der Waals surface area contributed by atoms with E-state index in [4.69, 9.17) is 12.2 Å². The van der Waals surface area contributed by atoms with Crippen LogP contribution in [0, 0.1) is 12.3 Å². The fourth-order valence-corrected chi connectivity index (χ4v) is 2.23. The molecule has 2 heteroatoms. The van der Waals surface area contributed by atoms with Crippen molar-refractivity contribution in [3.05, 3.63) is 33.8 Å². The predicted octanol–water partition coefficient (Wildman–Crippen LogP) is 2.18. The number of hydrogen-bond donors (Lipinski definition) is 1. The molecule has 13 heavy (non-hydrogen) atoms. The first-order valence-electron chi connectivity index (χ1n) is 4.21. The highest BCUT2D eigenvalue weighted by Crippen LogP contribution is 2.35. The summed E-state index contributed by atoms with van der Waals surface area (Å²) in [6.45, 7) is 0. The van der Waals surface area contributed by atoms with Crippen LogP contribution in [0.3, 0.4) is 0 Å². The van der Waals surface area contributed by atoms with E-state index in [1.54, 1.807) is 0 Å². The third-order valence-electron chi connectivity index (χ3n) is 2.59. The number of rotatable bonds is 0. The number of halogens is 1. The summed E-state index contributed by atoms with van der Waals surface area (Å²) in [5.41, 5.74) is 7.92. The number of fused-ring (bicyclic) bond motifs is 1. The second kappa shape index (κ2) is 2.87. The molecule has 0 saturated heterocycles. The van der Waals surface area contributed by atoms with Crippen LogP contribution in [0.25, 0.3) is 0 Å². The van der Waals surface area contributed by atoms with Crippen molar-refractivity contribution in [3.8, 4) is 12.3 Å². The zero-order chi connectivity index (χ0) is 9.47. The van der Waals surface area contributed by atoms with Crippen LogP contribution in [0.15, 0.2) is 22.7 Å². The monoisotopic (exact) mass is 235 g/mol. The van der Waals surface area contributed by atoms with Crippen molar-refractivity contribution in [2.24, 2.45) is 5.73 Å².